The van der Waals surface area contributed by atoms with Crippen molar-refractivity contribution in [3.05, 3.63) is 66.2 Å². The molecule has 2 aromatic carbocycles. The first-order valence-electron chi connectivity index (χ1n) is 6.31. The molecular weight excluding hydrogens is 284 g/mol. The van der Waals surface area contributed by atoms with Crippen LogP contribution in [0.2, 0.25) is 0 Å². The summed E-state index contributed by atoms with van der Waals surface area (Å²) in [5, 5.41) is 2.23. The molecule has 4 heteroatoms. The zero-order valence-electron chi connectivity index (χ0n) is 10.6. The van der Waals surface area contributed by atoms with E-state index in [0.717, 1.165) is 16.1 Å². The van der Waals surface area contributed by atoms with Crippen molar-refractivity contribution in [2.24, 2.45) is 0 Å². The summed E-state index contributed by atoms with van der Waals surface area (Å²) in [5.41, 5.74) is 4.17. The minimum atomic E-state index is -0.0336. The summed E-state index contributed by atoms with van der Waals surface area (Å²) < 4.78 is 1.30. The Morgan fingerprint density at radius 3 is 2.55 bits per heavy atom. The van der Waals surface area contributed by atoms with E-state index in [0.29, 0.717) is 0 Å². The second kappa shape index (κ2) is 4.89. The molecule has 0 saturated carbocycles. The van der Waals surface area contributed by atoms with Gasteiger partial charge in [0.05, 0.1) is 15.0 Å². The Morgan fingerprint density at radius 1 is 0.800 bits per heavy atom. The number of nitrogens with zero attached hydrogens (tertiary/aromatic N) is 2. The van der Waals surface area contributed by atoms with Gasteiger partial charge < -0.3 is 0 Å². The molecule has 0 bridgehead atoms. The van der Waals surface area contributed by atoms with Gasteiger partial charge in [-0.05, 0) is 24.3 Å². The first-order chi connectivity index (χ1) is 9.90. The summed E-state index contributed by atoms with van der Waals surface area (Å²) >= 11 is 0. The zero-order valence-corrected chi connectivity index (χ0v) is 12.2. The maximum absolute atomic E-state index is 4.72. The van der Waals surface area contributed by atoms with E-state index in [9.17, 15) is 0 Å². The fourth-order valence-corrected chi connectivity index (χ4v) is 5.37. The van der Waals surface area contributed by atoms with E-state index in [4.69, 9.17) is 4.98 Å². The Balaban J connectivity index is 1.76. The van der Waals surface area contributed by atoms with Crippen LogP contribution in [0.3, 0.4) is 0 Å². The molecule has 4 aromatic rings. The predicted octanol–water partition coefficient (Wildman–Crippen LogP) is 5.09. The summed E-state index contributed by atoms with van der Waals surface area (Å²) in [6.45, 7) is 0. The van der Waals surface area contributed by atoms with Crippen molar-refractivity contribution < 1.29 is 0 Å². The molecule has 1 unspecified atom stereocenters. The van der Waals surface area contributed by atoms with Gasteiger partial charge in [-0.1, -0.05) is 30.3 Å². The van der Waals surface area contributed by atoms with E-state index >= 15 is 0 Å². The van der Waals surface area contributed by atoms with Crippen LogP contribution in [0.4, 0.5) is 0 Å². The summed E-state index contributed by atoms with van der Waals surface area (Å²) in [4.78, 5) is 9.20. The first-order valence-corrected chi connectivity index (χ1v) is 8.93. The van der Waals surface area contributed by atoms with E-state index < -0.39 is 0 Å². The molecule has 0 N–H and O–H groups in total. The van der Waals surface area contributed by atoms with Crippen molar-refractivity contribution >= 4 is 41.4 Å². The maximum atomic E-state index is 4.72. The van der Waals surface area contributed by atoms with Crippen molar-refractivity contribution in [2.45, 2.75) is 5.03 Å². The number of aromatic nitrogens is 2. The lowest BCUT2D eigenvalue weighted by atomic mass is 10.2. The van der Waals surface area contributed by atoms with Crippen LogP contribution in [0.25, 0.3) is 21.1 Å². The fraction of sp³-hybridized carbons (Fsp3) is 0. The van der Waals surface area contributed by atoms with Gasteiger partial charge in [-0.15, -0.1) is 0 Å². The molecule has 0 radical (unpaired) electrons. The third-order valence-electron chi connectivity index (χ3n) is 3.12. The van der Waals surface area contributed by atoms with Crippen LogP contribution < -0.4 is 0 Å². The molecule has 2 nitrogen and oxygen atoms in total. The Morgan fingerprint density at radius 2 is 1.60 bits per heavy atom. The van der Waals surface area contributed by atoms with Crippen molar-refractivity contribution in [3.63, 3.8) is 0 Å². The second-order valence-corrected chi connectivity index (χ2v) is 7.83. The number of thiazole rings is 1. The smallest absolute Gasteiger partial charge is 0.236 e. The topological polar surface area (TPSA) is 25.8 Å². The molecule has 0 spiro atoms. The number of benzene rings is 2. The first kappa shape index (κ1) is 11.9. The van der Waals surface area contributed by atoms with E-state index in [-0.39, 0.29) is 9.50 Å². The molecule has 0 fully saturated rings. The van der Waals surface area contributed by atoms with Gasteiger partial charge in [-0.25, -0.2) is 4.98 Å². The van der Waals surface area contributed by atoms with Gasteiger partial charge in [-0.2, -0.15) is 4.98 Å². The van der Waals surface area contributed by atoms with Crippen LogP contribution in [0, 0.1) is 0 Å². The number of hydrogen-bond donors (Lipinski definition) is 0. The Hall–Kier alpha value is -1.91. The number of fused-ring (bicyclic) bond motifs is 2. The van der Waals surface area contributed by atoms with Gasteiger partial charge >= 0.3 is 0 Å². The number of hydrogen-bond acceptors (Lipinski definition) is 3. The highest BCUT2D eigenvalue weighted by Gasteiger charge is 2.17. The largest absolute Gasteiger partial charge is 0.244 e. The van der Waals surface area contributed by atoms with Crippen LogP contribution in [-0.2, 0) is 0 Å². The number of para-hydroxylation sites is 2. The van der Waals surface area contributed by atoms with Gasteiger partial charge in [0, 0.05) is 11.5 Å². The van der Waals surface area contributed by atoms with Gasteiger partial charge in [0.1, 0.15) is 5.52 Å². The monoisotopic (exact) mass is 295 g/mol. The fourth-order valence-electron chi connectivity index (χ4n) is 2.15. The third kappa shape index (κ3) is 2.07. The van der Waals surface area contributed by atoms with E-state index in [1.54, 1.807) is 10.8 Å². The molecule has 0 aliphatic carbocycles. The van der Waals surface area contributed by atoms with Gasteiger partial charge in [0.2, 0.25) is 10.2 Å². The van der Waals surface area contributed by atoms with Crippen LogP contribution in [-0.4, -0.2) is 9.97 Å². The minimum absolute atomic E-state index is 0.0336. The van der Waals surface area contributed by atoms with Crippen LogP contribution >= 0.6 is 20.3 Å². The van der Waals surface area contributed by atoms with Crippen LogP contribution in [0.15, 0.2) is 71.2 Å². The number of rotatable bonds is 2. The molecule has 0 saturated heterocycles. The highest BCUT2D eigenvalue weighted by molar-refractivity contribution is 8.46. The highest BCUT2D eigenvalue weighted by atomic mass is 33.1. The maximum Gasteiger partial charge on any atom is 0.244 e. The Bertz CT molecular complexity index is 899. The van der Waals surface area contributed by atoms with E-state index in [1.165, 1.54) is 10.1 Å². The van der Waals surface area contributed by atoms with E-state index in [2.05, 4.69) is 47.4 Å². The highest BCUT2D eigenvalue weighted by Crippen LogP contribution is 2.43. The Kier molecular flexibility index (Phi) is 2.90. The lowest BCUT2D eigenvalue weighted by molar-refractivity contribution is 1.20. The molecule has 96 valence electrons. The molecule has 2 heterocycles. The molecule has 0 aliphatic heterocycles. The van der Waals surface area contributed by atoms with Crippen molar-refractivity contribution in [2.75, 3.05) is 0 Å². The molecule has 2 aromatic heterocycles. The lowest BCUT2D eigenvalue weighted by Gasteiger charge is -1.97. The standard InChI is InChI=1S/C16H11N2S2/c1-2-6-13-12(5-1)9-10-16(18-13)19-20-11-17-14-7-3-4-8-15(14)20/h1-11H/q+1. The van der Waals surface area contributed by atoms with Crippen LogP contribution in [0.5, 0.6) is 0 Å². The van der Waals surface area contributed by atoms with Crippen molar-refractivity contribution in [1.82, 2.24) is 9.97 Å². The average molecular weight is 295 g/mol. The third-order valence-corrected chi connectivity index (χ3v) is 6.62. The molecule has 20 heavy (non-hydrogen) atoms. The summed E-state index contributed by atoms with van der Waals surface area (Å²) in [6.07, 6.45) is 0. The Labute approximate surface area is 122 Å². The van der Waals surface area contributed by atoms with Gasteiger partial charge in [0.25, 0.3) is 0 Å². The second-order valence-electron chi connectivity index (χ2n) is 4.43. The molecule has 0 amide bonds. The number of pyridine rings is 1. The van der Waals surface area contributed by atoms with Crippen LogP contribution in [0.1, 0.15) is 0 Å². The SMILES string of the molecule is c1ccc2nc(S[s+]3cnc4ccccc43)ccc2c1. The lowest BCUT2D eigenvalue weighted by Crippen LogP contribution is -1.80. The minimum Gasteiger partial charge on any atom is -0.236 e. The quantitative estimate of drug-likeness (QED) is 0.380. The van der Waals surface area contributed by atoms with E-state index in [1.807, 2.05) is 23.7 Å². The summed E-state index contributed by atoms with van der Waals surface area (Å²) in [7, 11) is 1.74. The van der Waals surface area contributed by atoms with Crippen molar-refractivity contribution in [1.29, 1.82) is 0 Å². The normalized spacial score (nSPS) is 12.1. The predicted molar refractivity (Wildman–Crippen MR) is 87.2 cm³/mol. The van der Waals surface area contributed by atoms with Gasteiger partial charge in [0.15, 0.2) is 15.8 Å². The summed E-state index contributed by atoms with van der Waals surface area (Å²) in [5.74, 6) is 0. The molecule has 1 atom stereocenters. The summed E-state index contributed by atoms with van der Waals surface area (Å²) in [6, 6.07) is 20.7. The molecule has 4 rings (SSSR count). The van der Waals surface area contributed by atoms with Crippen molar-refractivity contribution in [3.8, 4) is 0 Å². The average Bonchev–Trinajstić information content (AvgIpc) is 2.91. The molecule has 0 aliphatic rings. The molecular formula is C16H11N2S2+. The zero-order chi connectivity index (χ0) is 13.4. The van der Waals surface area contributed by atoms with Gasteiger partial charge in [-0.3, -0.25) is 0 Å².